The topological polar surface area (TPSA) is 95.6 Å². The summed E-state index contributed by atoms with van der Waals surface area (Å²) in [6, 6.07) is 4.92. The Morgan fingerprint density at radius 1 is 1.33 bits per heavy atom. The molecule has 1 aromatic carbocycles. The number of nitrogens with one attached hydrogen (secondary N) is 3. The van der Waals surface area contributed by atoms with Gasteiger partial charge in [0.2, 0.25) is 0 Å². The standard InChI is InChI=1S/C13H14N6OS/c1-7-6-14-12(21-7)8(2)15-13(20)16-9-3-4-10-11(5-9)18-19-17-10/h3-6,8H,1-2H3,(H2,15,16,20)(H,17,18,19)/t8-/m1/s1. The van der Waals surface area contributed by atoms with Gasteiger partial charge in [-0.2, -0.15) is 15.4 Å². The van der Waals surface area contributed by atoms with Crippen molar-refractivity contribution in [3.8, 4) is 0 Å². The number of nitrogens with zero attached hydrogens (tertiary/aromatic N) is 3. The zero-order valence-electron chi connectivity index (χ0n) is 11.5. The number of carbonyl (C=O) groups excluding carboxylic acids is 1. The van der Waals surface area contributed by atoms with Crippen LogP contribution in [-0.2, 0) is 0 Å². The SMILES string of the molecule is Cc1cnc([C@@H](C)NC(=O)Nc2ccc3n[nH]nc3c2)s1. The summed E-state index contributed by atoms with van der Waals surface area (Å²) in [6.45, 7) is 3.89. The van der Waals surface area contributed by atoms with Crippen LogP contribution in [0.1, 0.15) is 22.9 Å². The van der Waals surface area contributed by atoms with Crippen molar-refractivity contribution in [3.05, 3.63) is 34.3 Å². The van der Waals surface area contributed by atoms with Crippen molar-refractivity contribution in [1.29, 1.82) is 0 Å². The van der Waals surface area contributed by atoms with Gasteiger partial charge in [-0.1, -0.05) is 0 Å². The van der Waals surface area contributed by atoms with Crippen LogP contribution >= 0.6 is 11.3 Å². The number of aromatic nitrogens is 4. The molecule has 0 fully saturated rings. The van der Waals surface area contributed by atoms with Crippen LogP contribution in [0.4, 0.5) is 10.5 Å². The fraction of sp³-hybridized carbons (Fsp3) is 0.231. The van der Waals surface area contributed by atoms with E-state index >= 15 is 0 Å². The average molecular weight is 302 g/mol. The third kappa shape index (κ3) is 3.00. The van der Waals surface area contributed by atoms with Gasteiger partial charge in [-0.3, -0.25) is 0 Å². The summed E-state index contributed by atoms with van der Waals surface area (Å²) >= 11 is 1.57. The minimum absolute atomic E-state index is 0.139. The second kappa shape index (κ2) is 5.49. The van der Waals surface area contributed by atoms with E-state index in [2.05, 4.69) is 31.0 Å². The zero-order chi connectivity index (χ0) is 14.8. The van der Waals surface area contributed by atoms with E-state index in [1.54, 1.807) is 35.7 Å². The third-order valence-corrected chi connectivity index (χ3v) is 4.03. The van der Waals surface area contributed by atoms with Crippen molar-refractivity contribution in [2.45, 2.75) is 19.9 Å². The summed E-state index contributed by atoms with van der Waals surface area (Å²) in [5.41, 5.74) is 2.13. The highest BCUT2D eigenvalue weighted by Gasteiger charge is 2.13. The smallest absolute Gasteiger partial charge is 0.319 e. The Bertz CT molecular complexity index is 780. The lowest BCUT2D eigenvalue weighted by molar-refractivity contribution is 0.249. The molecule has 2 aromatic heterocycles. The van der Waals surface area contributed by atoms with Crippen molar-refractivity contribution < 1.29 is 4.79 Å². The predicted molar refractivity (Wildman–Crippen MR) is 81.3 cm³/mol. The molecule has 3 N–H and O–H groups in total. The second-order valence-electron chi connectivity index (χ2n) is 4.66. The van der Waals surface area contributed by atoms with Crippen LogP contribution in [0.3, 0.4) is 0 Å². The molecule has 0 aliphatic rings. The van der Waals surface area contributed by atoms with Crippen LogP contribution < -0.4 is 10.6 Å². The first-order valence-electron chi connectivity index (χ1n) is 6.42. The van der Waals surface area contributed by atoms with Crippen LogP contribution in [0.5, 0.6) is 0 Å². The first kappa shape index (κ1) is 13.5. The van der Waals surface area contributed by atoms with Gasteiger partial charge in [0.05, 0.1) is 6.04 Å². The molecule has 0 bridgehead atoms. The first-order chi connectivity index (χ1) is 10.1. The van der Waals surface area contributed by atoms with E-state index in [9.17, 15) is 4.79 Å². The molecule has 0 unspecified atom stereocenters. The minimum Gasteiger partial charge on any atom is -0.329 e. The summed E-state index contributed by atoms with van der Waals surface area (Å²) in [5.74, 6) is 0. The number of rotatable bonds is 3. The largest absolute Gasteiger partial charge is 0.329 e. The molecular formula is C13H14N6OS. The molecule has 1 atom stereocenters. The maximum atomic E-state index is 12.0. The number of aryl methyl sites for hydroxylation is 1. The van der Waals surface area contributed by atoms with E-state index in [1.165, 1.54) is 0 Å². The molecule has 0 radical (unpaired) electrons. The van der Waals surface area contributed by atoms with Gasteiger partial charge < -0.3 is 10.6 Å². The van der Waals surface area contributed by atoms with Gasteiger partial charge in [0, 0.05) is 16.8 Å². The van der Waals surface area contributed by atoms with Crippen molar-refractivity contribution in [2.75, 3.05) is 5.32 Å². The average Bonchev–Trinajstić information content (AvgIpc) is 3.06. The van der Waals surface area contributed by atoms with E-state index < -0.39 is 0 Å². The van der Waals surface area contributed by atoms with E-state index in [0.29, 0.717) is 11.2 Å². The molecule has 2 heterocycles. The van der Waals surface area contributed by atoms with Gasteiger partial charge in [-0.15, -0.1) is 11.3 Å². The molecule has 3 rings (SSSR count). The van der Waals surface area contributed by atoms with Crippen molar-refractivity contribution in [3.63, 3.8) is 0 Å². The number of fused-ring (bicyclic) bond motifs is 1. The summed E-state index contributed by atoms with van der Waals surface area (Å²) in [6.07, 6.45) is 1.80. The van der Waals surface area contributed by atoms with Crippen LogP contribution in [0.2, 0.25) is 0 Å². The van der Waals surface area contributed by atoms with Crippen molar-refractivity contribution in [1.82, 2.24) is 25.7 Å². The second-order valence-corrected chi connectivity index (χ2v) is 5.92. The first-order valence-corrected chi connectivity index (χ1v) is 7.24. The fourth-order valence-corrected chi connectivity index (χ4v) is 2.69. The number of carbonyl (C=O) groups is 1. The summed E-state index contributed by atoms with van der Waals surface area (Å²) < 4.78 is 0. The Labute approximate surface area is 124 Å². The molecule has 0 saturated heterocycles. The van der Waals surface area contributed by atoms with Crippen LogP contribution in [-0.4, -0.2) is 26.4 Å². The number of urea groups is 1. The fourth-order valence-electron chi connectivity index (χ4n) is 1.92. The Hall–Kier alpha value is -2.48. The molecule has 2 amide bonds. The lowest BCUT2D eigenvalue weighted by atomic mass is 10.3. The number of hydrogen-bond acceptors (Lipinski definition) is 5. The number of anilines is 1. The van der Waals surface area contributed by atoms with Crippen LogP contribution in [0.25, 0.3) is 11.0 Å². The molecular weight excluding hydrogens is 288 g/mol. The number of aromatic amines is 1. The highest BCUT2D eigenvalue weighted by atomic mass is 32.1. The van der Waals surface area contributed by atoms with Crippen LogP contribution in [0, 0.1) is 6.92 Å². The Balaban J connectivity index is 1.65. The summed E-state index contributed by atoms with van der Waals surface area (Å²) in [7, 11) is 0. The highest BCUT2D eigenvalue weighted by Crippen LogP contribution is 2.19. The van der Waals surface area contributed by atoms with Gasteiger partial charge in [-0.25, -0.2) is 9.78 Å². The van der Waals surface area contributed by atoms with E-state index in [0.717, 1.165) is 15.4 Å². The van der Waals surface area contributed by atoms with E-state index in [-0.39, 0.29) is 12.1 Å². The Morgan fingerprint density at radius 3 is 2.90 bits per heavy atom. The van der Waals surface area contributed by atoms with Gasteiger partial charge in [0.1, 0.15) is 16.0 Å². The molecule has 0 saturated carbocycles. The number of benzene rings is 1. The molecule has 108 valence electrons. The number of hydrogen-bond donors (Lipinski definition) is 3. The third-order valence-electron chi connectivity index (χ3n) is 2.93. The van der Waals surface area contributed by atoms with Crippen molar-refractivity contribution >= 4 is 34.1 Å². The lowest BCUT2D eigenvalue weighted by Crippen LogP contribution is -2.31. The number of H-pyrrole nitrogens is 1. The van der Waals surface area contributed by atoms with Gasteiger partial charge in [0.25, 0.3) is 0 Å². The maximum absolute atomic E-state index is 12.0. The Kier molecular flexibility index (Phi) is 3.53. The molecule has 21 heavy (non-hydrogen) atoms. The number of thiazole rings is 1. The summed E-state index contributed by atoms with van der Waals surface area (Å²) in [5, 5.41) is 17.0. The number of amides is 2. The minimum atomic E-state index is -0.279. The highest BCUT2D eigenvalue weighted by molar-refractivity contribution is 7.11. The quantitative estimate of drug-likeness (QED) is 0.693. The van der Waals surface area contributed by atoms with Gasteiger partial charge in [0.15, 0.2) is 0 Å². The molecule has 0 spiro atoms. The molecule has 3 aromatic rings. The van der Waals surface area contributed by atoms with Gasteiger partial charge in [-0.05, 0) is 32.0 Å². The summed E-state index contributed by atoms with van der Waals surface area (Å²) in [4.78, 5) is 17.4. The molecule has 7 nitrogen and oxygen atoms in total. The van der Waals surface area contributed by atoms with E-state index in [1.807, 2.05) is 13.8 Å². The monoisotopic (exact) mass is 302 g/mol. The van der Waals surface area contributed by atoms with E-state index in [4.69, 9.17) is 0 Å². The van der Waals surface area contributed by atoms with Gasteiger partial charge >= 0.3 is 6.03 Å². The maximum Gasteiger partial charge on any atom is 0.319 e. The Morgan fingerprint density at radius 2 is 2.14 bits per heavy atom. The normalized spacial score (nSPS) is 12.3. The lowest BCUT2D eigenvalue weighted by Gasteiger charge is -2.12. The predicted octanol–water partition coefficient (Wildman–Crippen LogP) is 2.61. The molecule has 0 aliphatic heterocycles. The molecule has 8 heteroatoms. The zero-order valence-corrected chi connectivity index (χ0v) is 12.4. The van der Waals surface area contributed by atoms with Crippen LogP contribution in [0.15, 0.2) is 24.4 Å². The van der Waals surface area contributed by atoms with Crippen molar-refractivity contribution in [2.24, 2.45) is 0 Å². The molecule has 0 aliphatic carbocycles.